The zero-order chi connectivity index (χ0) is 14.5. The van der Waals surface area contributed by atoms with E-state index < -0.39 is 0 Å². The predicted octanol–water partition coefficient (Wildman–Crippen LogP) is 3.44. The van der Waals surface area contributed by atoms with Crippen molar-refractivity contribution in [2.75, 3.05) is 26.2 Å². The van der Waals surface area contributed by atoms with Crippen LogP contribution in [0.5, 0.6) is 0 Å². The third kappa shape index (κ3) is 3.90. The molecule has 1 saturated heterocycles. The van der Waals surface area contributed by atoms with Gasteiger partial charge in [0.25, 0.3) is 0 Å². The molecule has 0 saturated carbocycles. The Morgan fingerprint density at radius 2 is 1.81 bits per heavy atom. The lowest BCUT2D eigenvalue weighted by atomic mass is 10.1. The number of halogens is 1. The number of rotatable bonds is 4. The molecule has 0 spiro atoms. The van der Waals surface area contributed by atoms with Gasteiger partial charge in [-0.25, -0.2) is 4.39 Å². The summed E-state index contributed by atoms with van der Waals surface area (Å²) in [5.41, 5.74) is 2.42. The van der Waals surface area contributed by atoms with Crippen LogP contribution in [-0.2, 0) is 11.2 Å². The number of nitrogens with zero attached hydrogens (tertiary/aromatic N) is 1. The highest BCUT2D eigenvalue weighted by molar-refractivity contribution is 5.19. The minimum Gasteiger partial charge on any atom is -0.371 e. The molecule has 1 fully saturated rings. The Labute approximate surface area is 125 Å². The molecule has 0 bridgehead atoms. The Kier molecular flexibility index (Phi) is 4.63. The van der Waals surface area contributed by atoms with Gasteiger partial charge in [0.1, 0.15) is 5.82 Å². The minimum absolute atomic E-state index is 0.0510. The van der Waals surface area contributed by atoms with Crippen LogP contribution in [0.2, 0.25) is 0 Å². The van der Waals surface area contributed by atoms with Crippen molar-refractivity contribution in [3.8, 4) is 0 Å². The highest BCUT2D eigenvalue weighted by Gasteiger charge is 2.21. The van der Waals surface area contributed by atoms with E-state index in [1.54, 1.807) is 0 Å². The lowest BCUT2D eigenvalue weighted by Gasteiger charge is -2.33. The van der Waals surface area contributed by atoms with Crippen LogP contribution in [0, 0.1) is 5.82 Å². The first-order valence-electron chi connectivity index (χ1n) is 7.44. The van der Waals surface area contributed by atoms with Crippen molar-refractivity contribution in [2.45, 2.75) is 12.5 Å². The summed E-state index contributed by atoms with van der Waals surface area (Å²) in [6.07, 6.45) is 1.10. The van der Waals surface area contributed by atoms with E-state index in [4.69, 9.17) is 4.74 Å². The van der Waals surface area contributed by atoms with Crippen LogP contribution in [0.15, 0.2) is 54.6 Å². The Bertz CT molecular complexity index is 555. The normalized spacial score (nSPS) is 19.6. The lowest BCUT2D eigenvalue weighted by molar-refractivity contribution is -0.0295. The van der Waals surface area contributed by atoms with E-state index in [-0.39, 0.29) is 11.9 Å². The van der Waals surface area contributed by atoms with Gasteiger partial charge >= 0.3 is 0 Å². The Morgan fingerprint density at radius 3 is 2.57 bits per heavy atom. The van der Waals surface area contributed by atoms with Crippen molar-refractivity contribution < 1.29 is 9.13 Å². The molecule has 2 aromatic rings. The monoisotopic (exact) mass is 285 g/mol. The fourth-order valence-electron chi connectivity index (χ4n) is 2.72. The molecule has 2 nitrogen and oxygen atoms in total. The van der Waals surface area contributed by atoms with Crippen molar-refractivity contribution in [1.29, 1.82) is 0 Å². The molecule has 1 heterocycles. The first-order valence-corrected chi connectivity index (χ1v) is 7.44. The number of benzene rings is 2. The predicted molar refractivity (Wildman–Crippen MR) is 81.7 cm³/mol. The zero-order valence-corrected chi connectivity index (χ0v) is 12.0. The molecule has 1 aliphatic heterocycles. The van der Waals surface area contributed by atoms with Crippen LogP contribution in [0.1, 0.15) is 17.2 Å². The van der Waals surface area contributed by atoms with Gasteiger partial charge in [-0.1, -0.05) is 42.5 Å². The van der Waals surface area contributed by atoms with Crippen molar-refractivity contribution in [1.82, 2.24) is 4.90 Å². The maximum Gasteiger partial charge on any atom is 0.123 e. The van der Waals surface area contributed by atoms with Gasteiger partial charge < -0.3 is 4.74 Å². The summed E-state index contributed by atoms with van der Waals surface area (Å²) < 4.78 is 18.8. The fourth-order valence-corrected chi connectivity index (χ4v) is 2.72. The van der Waals surface area contributed by atoms with Crippen LogP contribution >= 0.6 is 0 Å². The summed E-state index contributed by atoms with van der Waals surface area (Å²) in [5, 5.41) is 0. The molecule has 0 N–H and O–H groups in total. The van der Waals surface area contributed by atoms with E-state index in [0.29, 0.717) is 0 Å². The second-order valence-electron chi connectivity index (χ2n) is 5.45. The SMILES string of the molecule is Fc1ccc([C@H]2CN(CCc3ccccc3)CCO2)cc1. The quantitative estimate of drug-likeness (QED) is 0.853. The van der Waals surface area contributed by atoms with Gasteiger partial charge in [0.2, 0.25) is 0 Å². The molecule has 1 aliphatic rings. The first kappa shape index (κ1) is 14.2. The smallest absolute Gasteiger partial charge is 0.123 e. The maximum atomic E-state index is 13.0. The van der Waals surface area contributed by atoms with Gasteiger partial charge in [0, 0.05) is 19.6 Å². The molecule has 0 aromatic heterocycles. The molecular weight excluding hydrogens is 265 g/mol. The van der Waals surface area contributed by atoms with Crippen molar-refractivity contribution in [2.24, 2.45) is 0 Å². The molecule has 1 atom stereocenters. The van der Waals surface area contributed by atoms with Crippen LogP contribution in [0.4, 0.5) is 4.39 Å². The molecule has 110 valence electrons. The molecule has 0 radical (unpaired) electrons. The Morgan fingerprint density at radius 1 is 1.05 bits per heavy atom. The fraction of sp³-hybridized carbons (Fsp3) is 0.333. The van der Waals surface area contributed by atoms with Crippen LogP contribution in [0.25, 0.3) is 0 Å². The third-order valence-corrected chi connectivity index (χ3v) is 3.95. The van der Waals surface area contributed by atoms with E-state index in [0.717, 1.165) is 38.2 Å². The number of morpholine rings is 1. The molecule has 0 aliphatic carbocycles. The molecule has 2 aromatic carbocycles. The third-order valence-electron chi connectivity index (χ3n) is 3.95. The van der Waals surface area contributed by atoms with Crippen LogP contribution in [-0.4, -0.2) is 31.1 Å². The summed E-state index contributed by atoms with van der Waals surface area (Å²) in [5.74, 6) is -0.199. The van der Waals surface area contributed by atoms with E-state index in [1.807, 2.05) is 18.2 Å². The van der Waals surface area contributed by atoms with E-state index in [1.165, 1.54) is 17.7 Å². The summed E-state index contributed by atoms with van der Waals surface area (Å²) >= 11 is 0. The Balaban J connectivity index is 1.57. The average Bonchev–Trinajstić information content (AvgIpc) is 2.55. The second kappa shape index (κ2) is 6.83. The van der Waals surface area contributed by atoms with Gasteiger partial charge in [0.05, 0.1) is 12.7 Å². The molecule has 21 heavy (non-hydrogen) atoms. The number of hydrogen-bond acceptors (Lipinski definition) is 2. The van der Waals surface area contributed by atoms with Gasteiger partial charge in [-0.15, -0.1) is 0 Å². The van der Waals surface area contributed by atoms with Crippen LogP contribution in [0.3, 0.4) is 0 Å². The molecule has 3 heteroatoms. The largest absolute Gasteiger partial charge is 0.371 e. The first-order chi connectivity index (χ1) is 10.3. The van der Waals surface area contributed by atoms with Gasteiger partial charge in [-0.3, -0.25) is 4.90 Å². The summed E-state index contributed by atoms with van der Waals surface area (Å²) in [4.78, 5) is 2.42. The van der Waals surface area contributed by atoms with Crippen LogP contribution < -0.4 is 0 Å². The minimum atomic E-state index is -0.199. The Hall–Kier alpha value is -1.71. The van der Waals surface area contributed by atoms with Crippen molar-refractivity contribution in [3.63, 3.8) is 0 Å². The van der Waals surface area contributed by atoms with E-state index in [9.17, 15) is 4.39 Å². The highest BCUT2D eigenvalue weighted by Crippen LogP contribution is 2.22. The topological polar surface area (TPSA) is 12.5 Å². The maximum absolute atomic E-state index is 13.0. The molecule has 3 rings (SSSR count). The second-order valence-corrected chi connectivity index (χ2v) is 5.45. The van der Waals surface area contributed by atoms with Crippen molar-refractivity contribution >= 4 is 0 Å². The summed E-state index contributed by atoms with van der Waals surface area (Å²) in [6.45, 7) is 3.60. The lowest BCUT2D eigenvalue weighted by Crippen LogP contribution is -2.39. The average molecular weight is 285 g/mol. The molecule has 0 amide bonds. The highest BCUT2D eigenvalue weighted by atomic mass is 19.1. The number of ether oxygens (including phenoxy) is 1. The van der Waals surface area contributed by atoms with Gasteiger partial charge in [-0.05, 0) is 29.7 Å². The zero-order valence-electron chi connectivity index (χ0n) is 12.0. The van der Waals surface area contributed by atoms with Gasteiger partial charge in [-0.2, -0.15) is 0 Å². The van der Waals surface area contributed by atoms with Crippen molar-refractivity contribution in [3.05, 3.63) is 71.5 Å². The molecule has 0 unspecified atom stereocenters. The number of hydrogen-bond donors (Lipinski definition) is 0. The molecular formula is C18H20FNO. The summed E-state index contributed by atoms with van der Waals surface area (Å²) in [6, 6.07) is 17.2. The summed E-state index contributed by atoms with van der Waals surface area (Å²) in [7, 11) is 0. The van der Waals surface area contributed by atoms with E-state index in [2.05, 4.69) is 29.2 Å². The van der Waals surface area contributed by atoms with Gasteiger partial charge in [0.15, 0.2) is 0 Å². The standard InChI is InChI=1S/C18H20FNO/c19-17-8-6-16(7-9-17)18-14-20(12-13-21-18)11-10-15-4-2-1-3-5-15/h1-9,18H,10-14H2/t18-/m1/s1. The van der Waals surface area contributed by atoms with E-state index >= 15 is 0 Å².